The van der Waals surface area contributed by atoms with E-state index < -0.39 is 0 Å². The van der Waals surface area contributed by atoms with Gasteiger partial charge in [0, 0.05) is 25.4 Å². The molecule has 0 saturated heterocycles. The summed E-state index contributed by atoms with van der Waals surface area (Å²) in [6.45, 7) is 3.99. The zero-order valence-electron chi connectivity index (χ0n) is 21.8. The van der Waals surface area contributed by atoms with E-state index in [9.17, 15) is 9.59 Å². The van der Waals surface area contributed by atoms with Crippen LogP contribution in [0, 0.1) is 13.8 Å². The molecular weight excluding hydrogens is 456 g/mol. The fourth-order valence-electron chi connectivity index (χ4n) is 4.46. The van der Waals surface area contributed by atoms with Crippen molar-refractivity contribution in [1.29, 1.82) is 0 Å². The van der Waals surface area contributed by atoms with Gasteiger partial charge in [0.2, 0.25) is 5.91 Å². The van der Waals surface area contributed by atoms with E-state index in [1.54, 1.807) is 19.0 Å². The fraction of sp³-hybridized carbons (Fsp3) is 0.152. The van der Waals surface area contributed by atoms with E-state index in [0.717, 1.165) is 44.6 Å². The number of amides is 2. The Balaban J connectivity index is 2.00. The van der Waals surface area contributed by atoms with Crippen LogP contribution in [-0.2, 0) is 16.0 Å². The van der Waals surface area contributed by atoms with Crippen LogP contribution in [0.4, 0.5) is 5.69 Å². The highest BCUT2D eigenvalue weighted by Crippen LogP contribution is 2.36. The molecule has 4 aromatic carbocycles. The molecule has 4 aromatic rings. The Morgan fingerprint density at radius 3 is 1.81 bits per heavy atom. The molecule has 0 aliphatic heterocycles. The summed E-state index contributed by atoms with van der Waals surface area (Å²) in [7, 11) is 3.51. The zero-order chi connectivity index (χ0) is 26.4. The Labute approximate surface area is 219 Å². The smallest absolute Gasteiger partial charge is 0.256 e. The van der Waals surface area contributed by atoms with Gasteiger partial charge in [0.05, 0.1) is 12.0 Å². The predicted octanol–water partition coefficient (Wildman–Crippen LogP) is 6.53. The number of benzene rings is 4. The first-order valence-electron chi connectivity index (χ1n) is 12.4. The molecule has 2 amide bonds. The number of anilines is 1. The van der Waals surface area contributed by atoms with Crippen molar-refractivity contribution in [2.45, 2.75) is 20.3 Å². The average Bonchev–Trinajstić information content (AvgIpc) is 2.90. The van der Waals surface area contributed by atoms with Crippen LogP contribution in [-0.4, -0.2) is 30.8 Å². The maximum atomic E-state index is 14.2. The Morgan fingerprint density at radius 2 is 1.22 bits per heavy atom. The molecule has 0 radical (unpaired) electrons. The molecule has 0 aliphatic rings. The van der Waals surface area contributed by atoms with Gasteiger partial charge < -0.3 is 10.2 Å². The Kier molecular flexibility index (Phi) is 7.99. The normalized spacial score (nSPS) is 11.5. The molecule has 186 valence electrons. The van der Waals surface area contributed by atoms with Crippen LogP contribution in [0.2, 0.25) is 0 Å². The first kappa shape index (κ1) is 25.6. The highest BCUT2D eigenvalue weighted by molar-refractivity contribution is 6.33. The van der Waals surface area contributed by atoms with Crippen molar-refractivity contribution in [3.8, 4) is 0 Å². The van der Waals surface area contributed by atoms with E-state index in [-0.39, 0.29) is 18.2 Å². The number of hydrogen-bond donors (Lipinski definition) is 1. The van der Waals surface area contributed by atoms with E-state index in [1.807, 2.05) is 117 Å². The first-order chi connectivity index (χ1) is 17.9. The lowest BCUT2D eigenvalue weighted by Crippen LogP contribution is -2.24. The average molecular weight is 489 g/mol. The van der Waals surface area contributed by atoms with Crippen LogP contribution in [0.1, 0.15) is 33.4 Å². The van der Waals surface area contributed by atoms with Crippen molar-refractivity contribution < 1.29 is 9.59 Å². The van der Waals surface area contributed by atoms with Crippen molar-refractivity contribution in [1.82, 2.24) is 4.90 Å². The monoisotopic (exact) mass is 488 g/mol. The first-order valence-corrected chi connectivity index (χ1v) is 12.4. The third kappa shape index (κ3) is 5.87. The fourth-order valence-corrected chi connectivity index (χ4v) is 4.46. The van der Waals surface area contributed by atoms with Gasteiger partial charge in [-0.3, -0.25) is 9.59 Å². The molecule has 0 heterocycles. The van der Waals surface area contributed by atoms with Crippen molar-refractivity contribution in [3.63, 3.8) is 0 Å². The van der Waals surface area contributed by atoms with Gasteiger partial charge in [0.25, 0.3) is 5.91 Å². The second-order valence-electron chi connectivity index (χ2n) is 9.33. The van der Waals surface area contributed by atoms with Crippen LogP contribution < -0.4 is 5.32 Å². The van der Waals surface area contributed by atoms with Crippen LogP contribution in [0.5, 0.6) is 0 Å². The van der Waals surface area contributed by atoms with Gasteiger partial charge >= 0.3 is 0 Å². The number of likely N-dealkylation sites (N-methyl/N-ethyl adjacent to an activating group) is 1. The second kappa shape index (κ2) is 11.5. The number of aryl methyl sites for hydroxylation is 2. The SMILES string of the molecule is Cc1cccc(C)c1NC(=O)/C(=C(/c1ccccc1)c1ccccc1CC(=O)N(C)C)c1ccccc1. The van der Waals surface area contributed by atoms with Crippen LogP contribution in [0.3, 0.4) is 0 Å². The molecule has 4 heteroatoms. The summed E-state index contributed by atoms with van der Waals surface area (Å²) in [6.07, 6.45) is 0.236. The van der Waals surface area contributed by atoms with Gasteiger partial charge in [-0.25, -0.2) is 0 Å². The van der Waals surface area contributed by atoms with E-state index in [2.05, 4.69) is 5.32 Å². The molecule has 0 saturated carbocycles. The summed E-state index contributed by atoms with van der Waals surface area (Å²) >= 11 is 0. The van der Waals surface area contributed by atoms with E-state index in [4.69, 9.17) is 0 Å². The maximum Gasteiger partial charge on any atom is 0.256 e. The molecule has 0 spiro atoms. The molecule has 4 rings (SSSR count). The summed E-state index contributed by atoms with van der Waals surface area (Å²) in [6, 6.07) is 33.5. The van der Waals surface area contributed by atoms with E-state index in [1.165, 1.54) is 0 Å². The lowest BCUT2D eigenvalue weighted by Gasteiger charge is -2.21. The second-order valence-corrected chi connectivity index (χ2v) is 9.33. The van der Waals surface area contributed by atoms with Gasteiger partial charge in [0.1, 0.15) is 0 Å². The van der Waals surface area contributed by atoms with E-state index >= 15 is 0 Å². The number of nitrogens with one attached hydrogen (secondary N) is 1. The predicted molar refractivity (Wildman–Crippen MR) is 152 cm³/mol. The summed E-state index contributed by atoms with van der Waals surface area (Å²) < 4.78 is 0. The molecule has 0 aromatic heterocycles. The summed E-state index contributed by atoms with van der Waals surface area (Å²) in [5.41, 5.74) is 7.59. The lowest BCUT2D eigenvalue weighted by atomic mass is 9.86. The highest BCUT2D eigenvalue weighted by Gasteiger charge is 2.24. The lowest BCUT2D eigenvalue weighted by molar-refractivity contribution is -0.128. The maximum absolute atomic E-state index is 14.2. The van der Waals surface area contributed by atoms with Gasteiger partial charge in [-0.2, -0.15) is 0 Å². The Hall–Kier alpha value is -4.44. The third-order valence-electron chi connectivity index (χ3n) is 6.45. The van der Waals surface area contributed by atoms with Gasteiger partial charge in [0.15, 0.2) is 0 Å². The van der Waals surface area contributed by atoms with Gasteiger partial charge in [-0.05, 0) is 47.2 Å². The van der Waals surface area contributed by atoms with Crippen LogP contribution in [0.25, 0.3) is 11.1 Å². The number of nitrogens with zero attached hydrogens (tertiary/aromatic N) is 1. The van der Waals surface area contributed by atoms with Crippen LogP contribution >= 0.6 is 0 Å². The van der Waals surface area contributed by atoms with E-state index in [0.29, 0.717) is 5.57 Å². The molecule has 1 N–H and O–H groups in total. The number of rotatable bonds is 7. The quantitative estimate of drug-likeness (QED) is 0.237. The number of carbonyl (C=O) groups excluding carboxylic acids is 2. The van der Waals surface area contributed by atoms with Gasteiger partial charge in [-0.1, -0.05) is 103 Å². The molecular formula is C33H32N2O2. The molecule has 37 heavy (non-hydrogen) atoms. The van der Waals surface area contributed by atoms with Crippen molar-refractivity contribution >= 4 is 28.6 Å². The minimum Gasteiger partial charge on any atom is -0.349 e. The zero-order valence-corrected chi connectivity index (χ0v) is 21.8. The van der Waals surface area contributed by atoms with Crippen LogP contribution in [0.15, 0.2) is 103 Å². The third-order valence-corrected chi connectivity index (χ3v) is 6.45. The minimum atomic E-state index is -0.198. The molecule has 0 fully saturated rings. The standard InChI is InChI=1S/C33H32N2O2/c1-23-14-13-15-24(2)32(23)34-33(37)31(26-18-9-6-10-19-26)30(25-16-7-5-8-17-25)28-21-12-11-20-27(28)22-29(36)35(3)4/h5-21H,22H2,1-4H3,(H,34,37)/b31-30-. The molecule has 0 bridgehead atoms. The van der Waals surface area contributed by atoms with Crippen molar-refractivity contribution in [3.05, 3.63) is 137 Å². The largest absolute Gasteiger partial charge is 0.349 e. The van der Waals surface area contributed by atoms with Gasteiger partial charge in [-0.15, -0.1) is 0 Å². The summed E-state index contributed by atoms with van der Waals surface area (Å²) in [4.78, 5) is 28.5. The number of para-hydroxylation sites is 1. The molecule has 0 unspecified atom stereocenters. The molecule has 4 nitrogen and oxygen atoms in total. The summed E-state index contributed by atoms with van der Waals surface area (Å²) in [5.74, 6) is -0.197. The van der Waals surface area contributed by atoms with Crippen molar-refractivity contribution in [2.24, 2.45) is 0 Å². The Bertz CT molecular complexity index is 1420. The topological polar surface area (TPSA) is 49.4 Å². The number of carbonyl (C=O) groups is 2. The molecule has 0 aliphatic carbocycles. The van der Waals surface area contributed by atoms with Crippen molar-refractivity contribution in [2.75, 3.05) is 19.4 Å². The Morgan fingerprint density at radius 1 is 0.676 bits per heavy atom. The molecule has 0 atom stereocenters. The number of hydrogen-bond acceptors (Lipinski definition) is 2. The minimum absolute atomic E-state index is 0.00103. The highest BCUT2D eigenvalue weighted by atomic mass is 16.2. The summed E-state index contributed by atoms with van der Waals surface area (Å²) in [5, 5.41) is 3.20.